The Kier molecular flexibility index (Phi) is 9.10. The quantitative estimate of drug-likeness (QED) is 0.308. The molecule has 1 aliphatic rings. The average molecular weight is 573 g/mol. The van der Waals surface area contributed by atoms with Crippen molar-refractivity contribution in [1.29, 1.82) is 0 Å². The van der Waals surface area contributed by atoms with Gasteiger partial charge in [0.25, 0.3) is 9.70 Å². The largest absolute Gasteiger partial charge is 0.392 e. The van der Waals surface area contributed by atoms with Gasteiger partial charge in [-0.3, -0.25) is 4.79 Å². The molecule has 2 heterocycles. The summed E-state index contributed by atoms with van der Waals surface area (Å²) in [5.74, 6) is -0.0514. The number of hydrogen-bond donors (Lipinski definition) is 2. The molecule has 1 aliphatic heterocycles. The molecular formula is C23H24Cl3N5O4S. The third-order valence-corrected chi connectivity index (χ3v) is 7.21. The molecule has 36 heavy (non-hydrogen) atoms. The van der Waals surface area contributed by atoms with Crippen molar-refractivity contribution in [2.24, 2.45) is 7.05 Å². The van der Waals surface area contributed by atoms with Gasteiger partial charge in [0.2, 0.25) is 5.16 Å². The highest BCUT2D eigenvalue weighted by atomic mass is 35.6. The van der Waals surface area contributed by atoms with Crippen LogP contribution in [0.3, 0.4) is 0 Å². The van der Waals surface area contributed by atoms with E-state index in [0.717, 1.165) is 22.3 Å². The number of aryl methyl sites for hydroxylation is 1. The minimum atomic E-state index is -2.01. The van der Waals surface area contributed by atoms with E-state index in [9.17, 15) is 9.90 Å². The number of amides is 1. The highest BCUT2D eigenvalue weighted by Crippen LogP contribution is 2.39. The van der Waals surface area contributed by atoms with Crippen molar-refractivity contribution in [3.05, 3.63) is 70.8 Å². The molecule has 192 valence electrons. The van der Waals surface area contributed by atoms with Gasteiger partial charge in [0, 0.05) is 31.3 Å². The SMILES string of the molecule is Cn1nnnc1SC[C@H]1C[C@@H](c2ccc(CO)cc2)O[C@@H](c2ccc(CNC(=O)C(Cl)(Cl)Cl)cc2)O1. The fourth-order valence-corrected chi connectivity index (χ4v) is 4.68. The number of nitrogens with one attached hydrogen (secondary N) is 1. The highest BCUT2D eigenvalue weighted by molar-refractivity contribution is 7.99. The summed E-state index contributed by atoms with van der Waals surface area (Å²) in [5, 5.41) is 24.2. The predicted molar refractivity (Wildman–Crippen MR) is 137 cm³/mol. The number of alkyl halides is 3. The third-order valence-electron chi connectivity index (χ3n) is 5.56. The predicted octanol–water partition coefficient (Wildman–Crippen LogP) is 4.03. The molecule has 9 nitrogen and oxygen atoms in total. The smallest absolute Gasteiger partial charge is 0.272 e. The molecule has 0 bridgehead atoms. The Balaban J connectivity index is 1.47. The van der Waals surface area contributed by atoms with Crippen LogP contribution in [-0.2, 0) is 34.5 Å². The lowest BCUT2D eigenvalue weighted by Crippen LogP contribution is -2.34. The number of hydrogen-bond acceptors (Lipinski definition) is 8. The maximum atomic E-state index is 11.8. The van der Waals surface area contributed by atoms with Gasteiger partial charge in [-0.1, -0.05) is 95.1 Å². The van der Waals surface area contributed by atoms with Gasteiger partial charge in [-0.15, -0.1) is 5.10 Å². The average Bonchev–Trinajstić information content (AvgIpc) is 3.30. The van der Waals surface area contributed by atoms with Crippen molar-refractivity contribution < 1.29 is 19.4 Å². The second kappa shape index (κ2) is 12.1. The summed E-state index contributed by atoms with van der Waals surface area (Å²) in [5.41, 5.74) is 3.50. The van der Waals surface area contributed by atoms with Gasteiger partial charge >= 0.3 is 0 Å². The van der Waals surface area contributed by atoms with Gasteiger partial charge in [-0.2, -0.15) is 0 Å². The lowest BCUT2D eigenvalue weighted by Gasteiger charge is -2.36. The third kappa shape index (κ3) is 7.10. The topological polar surface area (TPSA) is 111 Å². The first-order valence-corrected chi connectivity index (χ1v) is 13.1. The first-order chi connectivity index (χ1) is 17.2. The molecule has 1 fully saturated rings. The molecule has 1 saturated heterocycles. The van der Waals surface area contributed by atoms with Gasteiger partial charge in [0.15, 0.2) is 6.29 Å². The first kappa shape index (κ1) is 27.1. The molecule has 13 heteroatoms. The van der Waals surface area contributed by atoms with Gasteiger partial charge in [-0.05, 0) is 27.1 Å². The second-order valence-corrected chi connectivity index (χ2v) is 11.4. The summed E-state index contributed by atoms with van der Waals surface area (Å²) < 4.78 is 12.3. The zero-order valence-corrected chi connectivity index (χ0v) is 22.3. The fourth-order valence-electron chi connectivity index (χ4n) is 3.61. The molecule has 3 aromatic rings. The maximum absolute atomic E-state index is 11.8. The van der Waals surface area contributed by atoms with E-state index in [1.165, 1.54) is 11.8 Å². The van der Waals surface area contributed by atoms with Crippen molar-refractivity contribution in [2.75, 3.05) is 5.75 Å². The van der Waals surface area contributed by atoms with Crippen molar-refractivity contribution in [2.45, 2.75) is 47.0 Å². The number of benzene rings is 2. The highest BCUT2D eigenvalue weighted by Gasteiger charge is 2.33. The summed E-state index contributed by atoms with van der Waals surface area (Å²) in [7, 11) is 1.79. The zero-order chi connectivity index (χ0) is 25.7. The number of halogens is 3. The molecule has 2 aromatic carbocycles. The summed E-state index contributed by atoms with van der Waals surface area (Å²) in [4.78, 5) is 11.8. The van der Waals surface area contributed by atoms with Gasteiger partial charge in [0.1, 0.15) is 0 Å². The normalized spacial score (nSPS) is 20.3. The molecule has 2 N–H and O–H groups in total. The first-order valence-electron chi connectivity index (χ1n) is 11.0. The summed E-state index contributed by atoms with van der Waals surface area (Å²) >= 11 is 18.3. The number of rotatable bonds is 8. The van der Waals surface area contributed by atoms with E-state index in [0.29, 0.717) is 17.3 Å². The van der Waals surface area contributed by atoms with Gasteiger partial charge < -0.3 is 19.9 Å². The van der Waals surface area contributed by atoms with Crippen molar-refractivity contribution in [3.8, 4) is 0 Å². The monoisotopic (exact) mass is 571 g/mol. The molecule has 0 saturated carbocycles. The number of thioether (sulfide) groups is 1. The number of nitrogens with zero attached hydrogens (tertiary/aromatic N) is 4. The maximum Gasteiger partial charge on any atom is 0.272 e. The van der Waals surface area contributed by atoms with Crippen LogP contribution in [0.5, 0.6) is 0 Å². The standard InChI is InChI=1S/C23H24Cl3N5O4S/c1-31-22(28-29-30-31)36-13-18-10-19(16-6-4-15(12-32)5-7-16)35-20(34-18)17-8-2-14(3-9-17)11-27-21(33)23(24,25)26/h2-9,18-20,32H,10-13H2,1H3,(H,27,33)/t18-,19+,20+/m1/s1. The van der Waals surface area contributed by atoms with Crippen LogP contribution in [-0.4, -0.2) is 46.9 Å². The van der Waals surface area contributed by atoms with Crippen LogP contribution in [0.25, 0.3) is 0 Å². The Morgan fingerprint density at radius 2 is 1.78 bits per heavy atom. The summed E-state index contributed by atoms with van der Waals surface area (Å²) in [6.45, 7) is 0.196. The molecule has 0 spiro atoms. The number of ether oxygens (including phenoxy) is 2. The molecular weight excluding hydrogens is 549 g/mol. The molecule has 4 rings (SSSR count). The van der Waals surface area contributed by atoms with Crippen molar-refractivity contribution >= 4 is 52.5 Å². The van der Waals surface area contributed by atoms with Crippen LogP contribution in [0, 0.1) is 0 Å². The van der Waals surface area contributed by atoms with Crippen LogP contribution >= 0.6 is 46.6 Å². The summed E-state index contributed by atoms with van der Waals surface area (Å²) in [6.07, 6.45) is -0.289. The number of aliphatic hydroxyl groups excluding tert-OH is 1. The summed E-state index contributed by atoms with van der Waals surface area (Å²) in [6, 6.07) is 15.2. The second-order valence-electron chi connectivity index (χ2n) is 8.17. The van der Waals surface area contributed by atoms with E-state index in [1.54, 1.807) is 11.7 Å². The molecule has 0 radical (unpaired) electrons. The van der Waals surface area contributed by atoms with E-state index in [2.05, 4.69) is 20.8 Å². The van der Waals surface area contributed by atoms with Gasteiger partial charge in [-0.25, -0.2) is 4.68 Å². The van der Waals surface area contributed by atoms with Gasteiger partial charge in [0.05, 0.1) is 18.8 Å². The Hall–Kier alpha value is -1.92. The van der Waals surface area contributed by atoms with Crippen LogP contribution in [0.4, 0.5) is 0 Å². The minimum absolute atomic E-state index is 0.0169. The number of carbonyl (C=O) groups excluding carboxylic acids is 1. The van der Waals surface area contributed by atoms with Crippen molar-refractivity contribution in [1.82, 2.24) is 25.5 Å². The minimum Gasteiger partial charge on any atom is -0.392 e. The van der Waals surface area contributed by atoms with Crippen LogP contribution in [0.15, 0.2) is 53.7 Å². The van der Waals surface area contributed by atoms with Crippen LogP contribution in [0.2, 0.25) is 0 Å². The molecule has 1 amide bonds. The zero-order valence-electron chi connectivity index (χ0n) is 19.2. The van der Waals surface area contributed by atoms with Crippen LogP contribution in [0.1, 0.15) is 41.1 Å². The van der Waals surface area contributed by atoms with E-state index in [-0.39, 0.29) is 25.4 Å². The Morgan fingerprint density at radius 1 is 1.11 bits per heavy atom. The number of tetrazole rings is 1. The van der Waals surface area contributed by atoms with Crippen molar-refractivity contribution in [3.63, 3.8) is 0 Å². The van der Waals surface area contributed by atoms with E-state index < -0.39 is 16.0 Å². The van der Waals surface area contributed by atoms with E-state index in [1.807, 2.05) is 48.5 Å². The van der Waals surface area contributed by atoms with E-state index in [4.69, 9.17) is 44.3 Å². The lowest BCUT2D eigenvalue weighted by atomic mass is 10.0. The van der Waals surface area contributed by atoms with E-state index >= 15 is 0 Å². The molecule has 1 aromatic heterocycles. The number of carbonyl (C=O) groups is 1. The molecule has 0 unspecified atom stereocenters. The Morgan fingerprint density at radius 3 is 2.39 bits per heavy atom. The molecule has 3 atom stereocenters. The number of aromatic nitrogens is 4. The Bertz CT molecular complexity index is 1160. The number of aliphatic hydroxyl groups is 1. The van der Waals surface area contributed by atoms with Crippen LogP contribution < -0.4 is 5.32 Å². The molecule has 0 aliphatic carbocycles. The lowest BCUT2D eigenvalue weighted by molar-refractivity contribution is -0.245. The Labute approximate surface area is 227 Å². The fraction of sp³-hybridized carbons (Fsp3) is 0.391.